The van der Waals surface area contributed by atoms with Crippen molar-refractivity contribution in [3.05, 3.63) is 61.6 Å². The van der Waals surface area contributed by atoms with Crippen LogP contribution in [0, 0.1) is 10.1 Å². The largest absolute Gasteiger partial charge is 0.507 e. The van der Waals surface area contributed by atoms with Crippen LogP contribution in [-0.4, -0.2) is 28.8 Å². The van der Waals surface area contributed by atoms with Gasteiger partial charge in [0.1, 0.15) is 11.5 Å². The zero-order valence-electron chi connectivity index (χ0n) is 12.5. The molecule has 0 saturated carbocycles. The first kappa shape index (κ1) is 18.7. The van der Waals surface area contributed by atoms with Gasteiger partial charge < -0.3 is 9.84 Å². The minimum Gasteiger partial charge on any atom is -0.507 e. The Morgan fingerprint density at radius 2 is 2.16 bits per heavy atom. The van der Waals surface area contributed by atoms with Gasteiger partial charge in [0.2, 0.25) is 0 Å². The number of non-ortho nitro benzene ring substituents is 1. The fourth-order valence-electron chi connectivity index (χ4n) is 1.70. The smallest absolute Gasteiger partial charge is 0.277 e. The van der Waals surface area contributed by atoms with Gasteiger partial charge in [0.05, 0.1) is 15.6 Å². The van der Waals surface area contributed by atoms with Crippen LogP contribution in [0.25, 0.3) is 0 Å². The van der Waals surface area contributed by atoms with E-state index in [1.54, 1.807) is 18.2 Å². The third-order valence-electron chi connectivity index (χ3n) is 2.87. The molecule has 2 aromatic carbocycles. The summed E-state index contributed by atoms with van der Waals surface area (Å²) < 4.78 is 5.90. The number of amides is 1. The van der Waals surface area contributed by atoms with Gasteiger partial charge in [-0.3, -0.25) is 14.9 Å². The lowest BCUT2D eigenvalue weighted by molar-refractivity contribution is -0.384. The van der Waals surface area contributed by atoms with Crippen LogP contribution in [0.1, 0.15) is 5.56 Å². The summed E-state index contributed by atoms with van der Waals surface area (Å²) in [6, 6.07) is 8.29. The second-order valence-corrected chi connectivity index (χ2v) is 5.95. The maximum atomic E-state index is 11.7. The van der Waals surface area contributed by atoms with Crippen LogP contribution in [0.5, 0.6) is 11.5 Å². The van der Waals surface area contributed by atoms with Gasteiger partial charge >= 0.3 is 0 Å². The van der Waals surface area contributed by atoms with E-state index in [4.69, 9.17) is 16.3 Å². The maximum Gasteiger partial charge on any atom is 0.277 e. The number of carbonyl (C=O) groups excluding carboxylic acids is 1. The fourth-order valence-corrected chi connectivity index (χ4v) is 2.50. The number of nitrogens with zero attached hydrogens (tertiary/aromatic N) is 2. The standard InChI is InChI=1S/C15H11BrClN3O5/c16-12-6-10(17)1-4-14(12)25-8-15(22)19-18-7-9-5-11(20(23)24)2-3-13(9)21/h1-7,21H,8H2,(H,19,22)/b18-7+. The Labute approximate surface area is 155 Å². The van der Waals surface area contributed by atoms with Crippen molar-refractivity contribution in [2.24, 2.45) is 5.10 Å². The molecular formula is C15H11BrClN3O5. The van der Waals surface area contributed by atoms with Crippen LogP contribution >= 0.6 is 27.5 Å². The van der Waals surface area contributed by atoms with Gasteiger partial charge in [-0.05, 0) is 40.2 Å². The van der Waals surface area contributed by atoms with Crippen LogP contribution in [0.2, 0.25) is 5.02 Å². The van der Waals surface area contributed by atoms with Crippen molar-refractivity contribution in [3.63, 3.8) is 0 Å². The number of hydrazone groups is 1. The second-order valence-electron chi connectivity index (χ2n) is 4.66. The number of nitro groups is 1. The minimum absolute atomic E-state index is 0.0934. The molecule has 0 aliphatic heterocycles. The van der Waals surface area contributed by atoms with Crippen molar-refractivity contribution in [2.45, 2.75) is 0 Å². The molecule has 0 saturated heterocycles. The molecule has 8 nitrogen and oxygen atoms in total. The third-order valence-corrected chi connectivity index (χ3v) is 3.72. The van der Waals surface area contributed by atoms with Crippen molar-refractivity contribution in [2.75, 3.05) is 6.61 Å². The number of hydrogen-bond acceptors (Lipinski definition) is 6. The number of ether oxygens (including phenoxy) is 1. The van der Waals surface area contributed by atoms with Crippen molar-refractivity contribution >= 4 is 45.3 Å². The van der Waals surface area contributed by atoms with Gasteiger partial charge in [-0.15, -0.1) is 0 Å². The first-order valence-electron chi connectivity index (χ1n) is 6.74. The number of hydrogen-bond donors (Lipinski definition) is 2. The molecule has 0 aromatic heterocycles. The molecule has 2 N–H and O–H groups in total. The minimum atomic E-state index is -0.604. The molecule has 10 heteroatoms. The Balaban J connectivity index is 1.92. The van der Waals surface area contributed by atoms with Crippen LogP contribution in [0.4, 0.5) is 5.69 Å². The van der Waals surface area contributed by atoms with Crippen LogP contribution in [-0.2, 0) is 4.79 Å². The summed E-state index contributed by atoms with van der Waals surface area (Å²) in [6.45, 7) is -0.307. The molecule has 0 aliphatic carbocycles. The van der Waals surface area contributed by atoms with E-state index in [2.05, 4.69) is 26.5 Å². The summed E-state index contributed by atoms with van der Waals surface area (Å²) >= 11 is 9.06. The summed E-state index contributed by atoms with van der Waals surface area (Å²) in [4.78, 5) is 21.8. The zero-order valence-corrected chi connectivity index (χ0v) is 14.8. The van der Waals surface area contributed by atoms with Crippen molar-refractivity contribution in [3.8, 4) is 11.5 Å². The van der Waals surface area contributed by atoms with E-state index in [1.807, 2.05) is 0 Å². The number of rotatable bonds is 6. The normalized spacial score (nSPS) is 10.6. The molecule has 0 unspecified atom stereocenters. The summed E-state index contributed by atoms with van der Waals surface area (Å²) in [5, 5.41) is 24.5. The molecule has 1 amide bonds. The summed E-state index contributed by atoms with van der Waals surface area (Å²) in [7, 11) is 0. The monoisotopic (exact) mass is 427 g/mol. The molecule has 0 spiro atoms. The highest BCUT2D eigenvalue weighted by Crippen LogP contribution is 2.27. The molecular weight excluding hydrogens is 418 g/mol. The highest BCUT2D eigenvalue weighted by molar-refractivity contribution is 9.10. The van der Waals surface area contributed by atoms with Crippen LogP contribution in [0.15, 0.2) is 46.0 Å². The molecule has 0 fully saturated rings. The van der Waals surface area contributed by atoms with Crippen LogP contribution in [0.3, 0.4) is 0 Å². The third kappa shape index (κ3) is 5.44. The average Bonchev–Trinajstić information content (AvgIpc) is 2.55. The Bertz CT molecular complexity index is 844. The van der Waals surface area contributed by atoms with Gasteiger partial charge in [0.15, 0.2) is 6.61 Å². The SMILES string of the molecule is O=C(COc1ccc(Cl)cc1Br)N/N=C/c1cc([N+](=O)[O-])ccc1O. The lowest BCUT2D eigenvalue weighted by Gasteiger charge is -2.07. The quantitative estimate of drug-likeness (QED) is 0.416. The van der Waals surface area contributed by atoms with Crippen LogP contribution < -0.4 is 10.2 Å². The Morgan fingerprint density at radius 3 is 2.84 bits per heavy atom. The Hall–Kier alpha value is -2.65. The lowest BCUT2D eigenvalue weighted by Crippen LogP contribution is -2.24. The molecule has 0 aliphatic rings. The van der Waals surface area contributed by atoms with Crippen molar-refractivity contribution < 1.29 is 19.6 Å². The molecule has 2 rings (SSSR count). The number of phenolic OH excluding ortho intramolecular Hbond substituents is 1. The Morgan fingerprint density at radius 1 is 1.40 bits per heavy atom. The molecule has 0 atom stereocenters. The average molecular weight is 429 g/mol. The van der Waals surface area contributed by atoms with Crippen molar-refractivity contribution in [1.82, 2.24) is 5.43 Å². The molecule has 0 bridgehead atoms. The first-order chi connectivity index (χ1) is 11.9. The van der Waals surface area contributed by atoms with E-state index in [0.29, 0.717) is 15.2 Å². The number of nitro benzene ring substituents is 1. The number of nitrogens with one attached hydrogen (secondary N) is 1. The number of aromatic hydroxyl groups is 1. The number of phenols is 1. The molecule has 2 aromatic rings. The fraction of sp³-hybridized carbons (Fsp3) is 0.0667. The summed E-state index contributed by atoms with van der Waals surface area (Å²) in [6.07, 6.45) is 1.10. The molecule has 0 heterocycles. The summed E-state index contributed by atoms with van der Waals surface area (Å²) in [5.74, 6) is -0.326. The summed E-state index contributed by atoms with van der Waals surface area (Å²) in [5.41, 5.74) is 2.08. The molecule has 130 valence electrons. The topological polar surface area (TPSA) is 114 Å². The van der Waals surface area contributed by atoms with Gasteiger partial charge in [-0.1, -0.05) is 11.6 Å². The van der Waals surface area contributed by atoms with E-state index in [9.17, 15) is 20.0 Å². The number of carbonyl (C=O) groups is 1. The van der Waals surface area contributed by atoms with Crippen molar-refractivity contribution in [1.29, 1.82) is 0 Å². The van der Waals surface area contributed by atoms with Gasteiger partial charge in [0.25, 0.3) is 11.6 Å². The molecule has 25 heavy (non-hydrogen) atoms. The predicted molar refractivity (Wildman–Crippen MR) is 95.1 cm³/mol. The zero-order chi connectivity index (χ0) is 18.4. The van der Waals surface area contributed by atoms with Gasteiger partial charge in [-0.25, -0.2) is 5.43 Å². The van der Waals surface area contributed by atoms with E-state index in [-0.39, 0.29) is 23.6 Å². The van der Waals surface area contributed by atoms with E-state index in [0.717, 1.165) is 18.3 Å². The molecule has 0 radical (unpaired) electrons. The number of benzene rings is 2. The van der Waals surface area contributed by atoms with Gasteiger partial charge in [0, 0.05) is 22.7 Å². The number of halogens is 2. The predicted octanol–water partition coefficient (Wildman–Crippen LogP) is 3.25. The Kier molecular flexibility index (Phi) is 6.31. The van der Waals surface area contributed by atoms with Gasteiger partial charge in [-0.2, -0.15) is 5.10 Å². The van der Waals surface area contributed by atoms with E-state index in [1.165, 1.54) is 6.07 Å². The van der Waals surface area contributed by atoms with E-state index >= 15 is 0 Å². The van der Waals surface area contributed by atoms with E-state index < -0.39 is 10.8 Å². The second kappa shape index (κ2) is 8.45. The lowest BCUT2D eigenvalue weighted by atomic mass is 10.2. The maximum absolute atomic E-state index is 11.7. The first-order valence-corrected chi connectivity index (χ1v) is 7.91. The highest BCUT2D eigenvalue weighted by atomic mass is 79.9. The highest BCUT2D eigenvalue weighted by Gasteiger charge is 2.09.